The molecular formula is C22H24FN3O2. The number of nitrogens with zero attached hydrogens (tertiary/aromatic N) is 2. The van der Waals surface area contributed by atoms with Crippen LogP contribution in [-0.2, 0) is 22.4 Å². The van der Waals surface area contributed by atoms with Crippen molar-refractivity contribution in [3.05, 3.63) is 47.0 Å². The van der Waals surface area contributed by atoms with Crippen LogP contribution >= 0.6 is 0 Å². The molecule has 0 saturated heterocycles. The predicted molar refractivity (Wildman–Crippen MR) is 105 cm³/mol. The zero-order valence-electron chi connectivity index (χ0n) is 16.2. The summed E-state index contributed by atoms with van der Waals surface area (Å²) in [5.41, 5.74) is 4.96. The molecule has 0 radical (unpaired) electrons. The van der Waals surface area contributed by atoms with Crippen LogP contribution in [0.4, 0.5) is 10.1 Å². The normalized spacial score (nSPS) is 18.5. The van der Waals surface area contributed by atoms with E-state index in [9.17, 15) is 9.59 Å². The molecule has 1 aromatic heterocycles. The summed E-state index contributed by atoms with van der Waals surface area (Å²) in [5.74, 6) is -0.334. The Labute approximate surface area is 164 Å². The van der Waals surface area contributed by atoms with E-state index < -0.39 is 0 Å². The van der Waals surface area contributed by atoms with Crippen molar-refractivity contribution in [3.63, 3.8) is 0 Å². The van der Waals surface area contributed by atoms with Crippen LogP contribution in [0.5, 0.6) is 0 Å². The van der Waals surface area contributed by atoms with Gasteiger partial charge in [0.1, 0.15) is 5.82 Å². The summed E-state index contributed by atoms with van der Waals surface area (Å²) in [5, 5.41) is 3.06. The molecule has 0 unspecified atom stereocenters. The minimum atomic E-state index is -0.352. The van der Waals surface area contributed by atoms with Gasteiger partial charge in [-0.3, -0.25) is 14.6 Å². The van der Waals surface area contributed by atoms with Gasteiger partial charge >= 0.3 is 0 Å². The number of anilines is 1. The van der Waals surface area contributed by atoms with Gasteiger partial charge < -0.3 is 10.2 Å². The van der Waals surface area contributed by atoms with Crippen molar-refractivity contribution in [2.45, 2.75) is 51.5 Å². The second-order valence-corrected chi connectivity index (χ2v) is 7.53. The third-order valence-electron chi connectivity index (χ3n) is 5.84. The van der Waals surface area contributed by atoms with Crippen molar-refractivity contribution in [1.82, 2.24) is 10.3 Å². The minimum Gasteiger partial charge on any atom is -0.349 e. The van der Waals surface area contributed by atoms with Gasteiger partial charge in [-0.25, -0.2) is 4.39 Å². The summed E-state index contributed by atoms with van der Waals surface area (Å²) in [6.45, 7) is 1.83. The Morgan fingerprint density at radius 2 is 2.07 bits per heavy atom. The molecule has 2 aliphatic rings. The lowest BCUT2D eigenvalue weighted by Gasteiger charge is -2.29. The van der Waals surface area contributed by atoms with Crippen molar-refractivity contribution in [1.29, 1.82) is 0 Å². The summed E-state index contributed by atoms with van der Waals surface area (Å²) in [6.07, 6.45) is 7.62. The van der Waals surface area contributed by atoms with Crippen LogP contribution in [0.25, 0.3) is 11.1 Å². The first-order valence-electron chi connectivity index (χ1n) is 9.85. The zero-order chi connectivity index (χ0) is 19.8. The van der Waals surface area contributed by atoms with Crippen LogP contribution in [0.1, 0.15) is 55.3 Å². The molecule has 0 bridgehead atoms. The standard InChI is InChI=1S/C22H24FN3O2/c1-3-21(27)25-19-6-4-5-14-16(11-24-12-17(14)19)15-9-13-7-8-22(28)26(2)20(13)10-18(15)23/h9-12,19H,3-8H2,1-2H3,(H,25,27)/t19-/m1/s1. The highest BCUT2D eigenvalue weighted by Crippen LogP contribution is 2.39. The number of pyridine rings is 1. The number of nitrogens with one attached hydrogen (secondary N) is 1. The SMILES string of the molecule is CCC(=O)N[C@@H]1CCCc2c(-c3cc4c(cc3F)N(C)C(=O)CC4)cncc21. The summed E-state index contributed by atoms with van der Waals surface area (Å²) < 4.78 is 15.1. The van der Waals surface area contributed by atoms with E-state index in [-0.39, 0.29) is 23.7 Å². The van der Waals surface area contributed by atoms with Crippen LogP contribution in [-0.4, -0.2) is 23.8 Å². The molecule has 1 aliphatic heterocycles. The lowest BCUT2D eigenvalue weighted by Crippen LogP contribution is -2.31. The van der Waals surface area contributed by atoms with Gasteiger partial charge in [0.05, 0.1) is 6.04 Å². The maximum Gasteiger partial charge on any atom is 0.227 e. The number of benzene rings is 1. The number of aromatic nitrogens is 1. The van der Waals surface area contributed by atoms with Gasteiger partial charge in [-0.05, 0) is 54.5 Å². The number of amides is 2. The van der Waals surface area contributed by atoms with Crippen molar-refractivity contribution < 1.29 is 14.0 Å². The maximum absolute atomic E-state index is 15.1. The van der Waals surface area contributed by atoms with Gasteiger partial charge in [-0.2, -0.15) is 0 Å². The molecule has 0 fully saturated rings. The van der Waals surface area contributed by atoms with Crippen LogP contribution in [0, 0.1) is 5.82 Å². The second-order valence-electron chi connectivity index (χ2n) is 7.53. The van der Waals surface area contributed by atoms with Crippen molar-refractivity contribution >= 4 is 17.5 Å². The number of hydrogen-bond acceptors (Lipinski definition) is 3. The Hall–Kier alpha value is -2.76. The Kier molecular flexibility index (Phi) is 4.87. The Bertz CT molecular complexity index is 957. The Balaban J connectivity index is 1.78. The quantitative estimate of drug-likeness (QED) is 0.882. The highest BCUT2D eigenvalue weighted by Gasteiger charge is 2.27. The highest BCUT2D eigenvalue weighted by molar-refractivity contribution is 5.96. The van der Waals surface area contributed by atoms with E-state index in [1.807, 2.05) is 13.0 Å². The average Bonchev–Trinajstić information content (AvgIpc) is 2.71. The number of aryl methyl sites for hydroxylation is 1. The van der Waals surface area contributed by atoms with Gasteiger partial charge in [0, 0.05) is 49.1 Å². The van der Waals surface area contributed by atoms with Crippen molar-refractivity contribution in [2.75, 3.05) is 11.9 Å². The fourth-order valence-electron chi connectivity index (χ4n) is 4.27. The van der Waals surface area contributed by atoms with Gasteiger partial charge in [-0.15, -0.1) is 0 Å². The van der Waals surface area contributed by atoms with E-state index >= 15 is 4.39 Å². The minimum absolute atomic E-state index is 0.00733. The molecule has 146 valence electrons. The van der Waals surface area contributed by atoms with Crippen LogP contribution in [0.15, 0.2) is 24.5 Å². The zero-order valence-corrected chi connectivity index (χ0v) is 16.2. The first kappa shape index (κ1) is 18.6. The van der Waals surface area contributed by atoms with Crippen LogP contribution in [0.2, 0.25) is 0 Å². The van der Waals surface area contributed by atoms with Crippen molar-refractivity contribution in [3.8, 4) is 11.1 Å². The van der Waals surface area contributed by atoms with E-state index in [1.54, 1.807) is 19.4 Å². The number of carbonyl (C=O) groups is 2. The van der Waals surface area contributed by atoms with E-state index in [0.29, 0.717) is 30.5 Å². The molecule has 1 aromatic carbocycles. The largest absolute Gasteiger partial charge is 0.349 e. The molecule has 6 heteroatoms. The molecule has 0 saturated carbocycles. The lowest BCUT2D eigenvalue weighted by molar-refractivity contribution is -0.121. The molecular weight excluding hydrogens is 357 g/mol. The molecule has 2 heterocycles. The Morgan fingerprint density at radius 3 is 2.86 bits per heavy atom. The predicted octanol–water partition coefficient (Wildman–Crippen LogP) is 3.70. The smallest absolute Gasteiger partial charge is 0.227 e. The van der Waals surface area contributed by atoms with E-state index in [0.717, 1.165) is 41.5 Å². The summed E-state index contributed by atoms with van der Waals surface area (Å²) >= 11 is 0. The third-order valence-corrected chi connectivity index (χ3v) is 5.84. The van der Waals surface area contributed by atoms with E-state index in [1.165, 1.54) is 11.0 Å². The number of carbonyl (C=O) groups excluding carboxylic acids is 2. The second kappa shape index (κ2) is 7.34. The lowest BCUT2D eigenvalue weighted by atomic mass is 9.84. The molecule has 1 aliphatic carbocycles. The summed E-state index contributed by atoms with van der Waals surface area (Å²) in [4.78, 5) is 29.7. The van der Waals surface area contributed by atoms with Gasteiger partial charge in [0.15, 0.2) is 0 Å². The molecule has 1 atom stereocenters. The number of fused-ring (bicyclic) bond motifs is 2. The monoisotopic (exact) mass is 381 g/mol. The fourth-order valence-corrected chi connectivity index (χ4v) is 4.27. The summed E-state index contributed by atoms with van der Waals surface area (Å²) in [6, 6.07) is 3.24. The van der Waals surface area contributed by atoms with Gasteiger partial charge in [0.2, 0.25) is 11.8 Å². The number of halogens is 1. The first-order valence-corrected chi connectivity index (χ1v) is 9.85. The molecule has 0 spiro atoms. The van der Waals surface area contributed by atoms with Crippen LogP contribution in [0.3, 0.4) is 0 Å². The Morgan fingerprint density at radius 1 is 1.25 bits per heavy atom. The molecule has 1 N–H and O–H groups in total. The summed E-state index contributed by atoms with van der Waals surface area (Å²) in [7, 11) is 1.69. The number of rotatable bonds is 3. The van der Waals surface area contributed by atoms with E-state index in [4.69, 9.17) is 0 Å². The molecule has 2 aromatic rings. The van der Waals surface area contributed by atoms with Crippen molar-refractivity contribution in [2.24, 2.45) is 0 Å². The van der Waals surface area contributed by atoms with Gasteiger partial charge in [-0.1, -0.05) is 6.92 Å². The average molecular weight is 381 g/mol. The first-order chi connectivity index (χ1) is 13.5. The molecule has 5 nitrogen and oxygen atoms in total. The molecule has 28 heavy (non-hydrogen) atoms. The molecule has 4 rings (SSSR count). The topological polar surface area (TPSA) is 62.3 Å². The fraction of sp³-hybridized carbons (Fsp3) is 0.409. The molecule has 2 amide bonds. The maximum atomic E-state index is 15.1. The van der Waals surface area contributed by atoms with Gasteiger partial charge in [0.25, 0.3) is 0 Å². The third kappa shape index (κ3) is 3.17. The van der Waals surface area contributed by atoms with Crippen LogP contribution < -0.4 is 10.2 Å². The highest BCUT2D eigenvalue weighted by atomic mass is 19.1. The van der Waals surface area contributed by atoms with E-state index in [2.05, 4.69) is 10.3 Å². The number of hydrogen-bond donors (Lipinski definition) is 1.